The lowest BCUT2D eigenvalue weighted by atomic mass is 9.96. The average molecular weight is 303 g/mol. The maximum atomic E-state index is 11.4. The molecule has 1 N–H and O–H groups in total. The predicted molar refractivity (Wildman–Crippen MR) is 70.1 cm³/mol. The zero-order valence-electron chi connectivity index (χ0n) is 12.7. The molecule has 1 saturated heterocycles. The van der Waals surface area contributed by atoms with Crippen LogP contribution in [-0.4, -0.2) is 55.6 Å². The largest absolute Gasteiger partial charge is 0.457 e. The SMILES string of the molecule is CO[C@@H]1O[C@H](C)[C@@H](OC(C)=O)[C@H](NC(C)=O)[C@H]1OC(C)=O. The number of hydrogen-bond donors (Lipinski definition) is 1. The minimum absolute atomic E-state index is 0.349. The van der Waals surface area contributed by atoms with Gasteiger partial charge in [-0.15, -0.1) is 0 Å². The third-order valence-corrected chi connectivity index (χ3v) is 2.99. The van der Waals surface area contributed by atoms with Crippen LogP contribution in [0.4, 0.5) is 0 Å². The first kappa shape index (κ1) is 17.4. The number of rotatable bonds is 4. The van der Waals surface area contributed by atoms with E-state index in [0.29, 0.717) is 0 Å². The molecule has 0 aromatic heterocycles. The van der Waals surface area contributed by atoms with Crippen molar-refractivity contribution in [3.8, 4) is 0 Å². The molecule has 0 aliphatic carbocycles. The second-order valence-corrected chi connectivity index (χ2v) is 4.82. The summed E-state index contributed by atoms with van der Waals surface area (Å²) in [5.41, 5.74) is 0. The Morgan fingerprint density at radius 2 is 1.52 bits per heavy atom. The van der Waals surface area contributed by atoms with Gasteiger partial charge in [-0.3, -0.25) is 14.4 Å². The minimum atomic E-state index is -0.919. The van der Waals surface area contributed by atoms with E-state index in [2.05, 4.69) is 5.32 Å². The van der Waals surface area contributed by atoms with Gasteiger partial charge in [0.25, 0.3) is 0 Å². The van der Waals surface area contributed by atoms with E-state index in [4.69, 9.17) is 18.9 Å². The van der Waals surface area contributed by atoms with Gasteiger partial charge in [0.1, 0.15) is 6.04 Å². The summed E-state index contributed by atoms with van der Waals surface area (Å²) >= 11 is 0. The molecule has 1 fully saturated rings. The number of carbonyl (C=O) groups excluding carboxylic acids is 3. The highest BCUT2D eigenvalue weighted by molar-refractivity contribution is 5.74. The number of esters is 2. The quantitative estimate of drug-likeness (QED) is 0.714. The first-order valence-corrected chi connectivity index (χ1v) is 6.56. The van der Waals surface area contributed by atoms with Crippen LogP contribution in [0.3, 0.4) is 0 Å². The summed E-state index contributed by atoms with van der Waals surface area (Å²) in [4.78, 5) is 33.9. The lowest BCUT2D eigenvalue weighted by molar-refractivity contribution is -0.270. The molecule has 1 amide bonds. The minimum Gasteiger partial charge on any atom is -0.457 e. The average Bonchev–Trinajstić information content (AvgIpc) is 2.35. The molecule has 8 nitrogen and oxygen atoms in total. The fraction of sp³-hybridized carbons (Fsp3) is 0.769. The lowest BCUT2D eigenvalue weighted by Gasteiger charge is -2.43. The Bertz CT molecular complexity index is 411. The zero-order valence-corrected chi connectivity index (χ0v) is 12.7. The van der Waals surface area contributed by atoms with Gasteiger partial charge in [0.15, 0.2) is 18.5 Å². The van der Waals surface area contributed by atoms with E-state index < -0.39 is 42.6 Å². The van der Waals surface area contributed by atoms with E-state index in [-0.39, 0.29) is 5.91 Å². The van der Waals surface area contributed by atoms with Crippen molar-refractivity contribution in [2.24, 2.45) is 0 Å². The van der Waals surface area contributed by atoms with Gasteiger partial charge < -0.3 is 24.3 Å². The summed E-state index contributed by atoms with van der Waals surface area (Å²) in [5, 5.41) is 2.63. The number of carbonyl (C=O) groups is 3. The van der Waals surface area contributed by atoms with Crippen LogP contribution in [0.5, 0.6) is 0 Å². The highest BCUT2D eigenvalue weighted by atomic mass is 16.7. The molecule has 0 aromatic carbocycles. The number of methoxy groups -OCH3 is 1. The van der Waals surface area contributed by atoms with Gasteiger partial charge >= 0.3 is 11.9 Å². The molecule has 1 heterocycles. The standard InChI is InChI=1S/C13H21NO7/c1-6-11(20-8(3)16)10(14-7(2)15)12(21-9(4)17)13(18-5)19-6/h6,10-13H,1-5H3,(H,14,15)/t6-,10+,11-,12-,13-/m1/s1. The molecular weight excluding hydrogens is 282 g/mol. The smallest absolute Gasteiger partial charge is 0.303 e. The normalized spacial score (nSPS) is 32.1. The first-order valence-electron chi connectivity index (χ1n) is 6.56. The molecule has 0 spiro atoms. The molecule has 1 rings (SSSR count). The molecule has 21 heavy (non-hydrogen) atoms. The number of nitrogens with one attached hydrogen (secondary N) is 1. The highest BCUT2D eigenvalue weighted by Gasteiger charge is 2.48. The van der Waals surface area contributed by atoms with Gasteiger partial charge in [-0.1, -0.05) is 0 Å². The van der Waals surface area contributed by atoms with Gasteiger partial charge in [0.05, 0.1) is 6.10 Å². The van der Waals surface area contributed by atoms with E-state index in [9.17, 15) is 14.4 Å². The Kier molecular flexibility index (Phi) is 6.10. The van der Waals surface area contributed by atoms with Crippen LogP contribution >= 0.6 is 0 Å². The summed E-state index contributed by atoms with van der Waals surface area (Å²) in [5.74, 6) is -1.43. The van der Waals surface area contributed by atoms with E-state index in [0.717, 1.165) is 0 Å². The zero-order chi connectivity index (χ0) is 16.2. The third-order valence-electron chi connectivity index (χ3n) is 2.99. The second-order valence-electron chi connectivity index (χ2n) is 4.82. The maximum Gasteiger partial charge on any atom is 0.303 e. The van der Waals surface area contributed by atoms with Gasteiger partial charge in [0.2, 0.25) is 5.91 Å². The molecule has 0 unspecified atom stereocenters. The van der Waals surface area contributed by atoms with Gasteiger partial charge in [0, 0.05) is 27.9 Å². The van der Waals surface area contributed by atoms with Gasteiger partial charge in [-0.2, -0.15) is 0 Å². The third kappa shape index (κ3) is 4.68. The Morgan fingerprint density at radius 1 is 1.00 bits per heavy atom. The topological polar surface area (TPSA) is 100 Å². The van der Waals surface area contributed by atoms with E-state index >= 15 is 0 Å². The molecule has 1 aliphatic rings. The molecule has 120 valence electrons. The van der Waals surface area contributed by atoms with Crippen LogP contribution in [0.1, 0.15) is 27.7 Å². The van der Waals surface area contributed by atoms with Crippen LogP contribution in [0.2, 0.25) is 0 Å². The van der Waals surface area contributed by atoms with Crippen molar-refractivity contribution < 1.29 is 33.3 Å². The van der Waals surface area contributed by atoms with Crippen LogP contribution in [-0.2, 0) is 33.3 Å². The number of amides is 1. The fourth-order valence-electron chi connectivity index (χ4n) is 2.28. The van der Waals surface area contributed by atoms with E-state index in [1.54, 1.807) is 6.92 Å². The van der Waals surface area contributed by atoms with Crippen molar-refractivity contribution in [1.82, 2.24) is 5.32 Å². The van der Waals surface area contributed by atoms with Gasteiger partial charge in [-0.25, -0.2) is 0 Å². The molecule has 0 bridgehead atoms. The molecule has 1 aliphatic heterocycles. The van der Waals surface area contributed by atoms with Crippen molar-refractivity contribution in [2.75, 3.05) is 7.11 Å². The van der Waals surface area contributed by atoms with Crippen molar-refractivity contribution in [3.63, 3.8) is 0 Å². The fourth-order valence-corrected chi connectivity index (χ4v) is 2.28. The monoisotopic (exact) mass is 303 g/mol. The second kappa shape index (κ2) is 7.37. The predicted octanol–water partition coefficient (Wildman–Crippen LogP) is -0.254. The van der Waals surface area contributed by atoms with Crippen LogP contribution in [0.25, 0.3) is 0 Å². The highest BCUT2D eigenvalue weighted by Crippen LogP contribution is 2.26. The van der Waals surface area contributed by atoms with Crippen molar-refractivity contribution in [1.29, 1.82) is 0 Å². The van der Waals surface area contributed by atoms with E-state index in [1.165, 1.54) is 27.9 Å². The Morgan fingerprint density at radius 3 is 1.95 bits per heavy atom. The maximum absolute atomic E-state index is 11.4. The summed E-state index contributed by atoms with van der Waals surface area (Å²) in [6.07, 6.45) is -3.12. The van der Waals surface area contributed by atoms with Crippen LogP contribution in [0.15, 0.2) is 0 Å². The molecule has 5 atom stereocenters. The van der Waals surface area contributed by atoms with Crippen molar-refractivity contribution >= 4 is 17.8 Å². The number of ether oxygens (including phenoxy) is 4. The summed E-state index contributed by atoms with van der Waals surface area (Å²) in [6.45, 7) is 5.48. The first-order chi connectivity index (χ1) is 9.76. The number of hydrogen-bond acceptors (Lipinski definition) is 7. The summed E-state index contributed by atoms with van der Waals surface area (Å²) < 4.78 is 21.1. The van der Waals surface area contributed by atoms with Crippen molar-refractivity contribution in [2.45, 2.75) is 58.3 Å². The van der Waals surface area contributed by atoms with Crippen LogP contribution < -0.4 is 5.32 Å². The summed E-state index contributed by atoms with van der Waals surface area (Å²) in [6, 6.07) is -0.760. The van der Waals surface area contributed by atoms with Gasteiger partial charge in [-0.05, 0) is 6.92 Å². The Labute approximate surface area is 123 Å². The molecule has 0 aromatic rings. The van der Waals surface area contributed by atoms with Crippen LogP contribution in [0, 0.1) is 0 Å². The molecule has 0 saturated carbocycles. The lowest BCUT2D eigenvalue weighted by Crippen LogP contribution is -2.65. The summed E-state index contributed by atoms with van der Waals surface area (Å²) in [7, 11) is 1.39. The molecular formula is C13H21NO7. The van der Waals surface area contributed by atoms with E-state index in [1.807, 2.05) is 0 Å². The Balaban J connectivity index is 3.08. The molecule has 8 heteroatoms. The Hall–Kier alpha value is -1.67. The molecule has 0 radical (unpaired) electrons. The van der Waals surface area contributed by atoms with Crippen molar-refractivity contribution in [3.05, 3.63) is 0 Å².